The van der Waals surface area contributed by atoms with E-state index in [1.54, 1.807) is 4.90 Å². The number of hydrogen-bond acceptors (Lipinski definition) is 8. The zero-order chi connectivity index (χ0) is 24.6. The molecule has 0 aromatic heterocycles. The summed E-state index contributed by atoms with van der Waals surface area (Å²) >= 11 is 0. The van der Waals surface area contributed by atoms with Crippen LogP contribution in [0.2, 0.25) is 0 Å². The van der Waals surface area contributed by atoms with Crippen LogP contribution in [-0.4, -0.2) is 94.0 Å². The molecular weight excluding hydrogens is 442 g/mol. The van der Waals surface area contributed by atoms with Crippen LogP contribution in [0, 0.1) is 25.2 Å². The summed E-state index contributed by atoms with van der Waals surface area (Å²) in [5.41, 5.74) is 4.36. The lowest BCUT2D eigenvalue weighted by atomic mass is 9.82. The van der Waals surface area contributed by atoms with E-state index in [4.69, 9.17) is 20.6 Å². The zero-order valence-corrected chi connectivity index (χ0v) is 19.4. The van der Waals surface area contributed by atoms with E-state index in [0.717, 1.165) is 12.8 Å². The highest BCUT2D eigenvalue weighted by atomic mass is 16.7. The molecule has 2 saturated heterocycles. The predicted molar refractivity (Wildman–Crippen MR) is 121 cm³/mol. The monoisotopic (exact) mass is 475 g/mol. The van der Waals surface area contributed by atoms with Crippen LogP contribution in [0.4, 0.5) is 4.79 Å². The average Bonchev–Trinajstić information content (AvgIpc) is 3.22. The Kier molecular flexibility index (Phi) is 7.48. The summed E-state index contributed by atoms with van der Waals surface area (Å²) in [6.07, 6.45) is 0.953. The summed E-state index contributed by atoms with van der Waals surface area (Å²) in [5, 5.41) is 39.4. The number of rotatable bonds is 3. The number of aliphatic hydroxyl groups is 4. The fraction of sp³-hybridized carbons (Fsp3) is 0.640. The van der Waals surface area contributed by atoms with Crippen LogP contribution >= 0.6 is 0 Å². The minimum absolute atomic E-state index is 0.0636. The number of benzene rings is 1. The Bertz CT molecular complexity index is 930. The molecule has 5 aliphatic rings. The second kappa shape index (κ2) is 10.2. The molecule has 9 nitrogen and oxygen atoms in total. The summed E-state index contributed by atoms with van der Waals surface area (Å²) in [6.45, 7) is 1.62. The predicted octanol–water partition coefficient (Wildman–Crippen LogP) is 0.790. The van der Waals surface area contributed by atoms with Gasteiger partial charge in [0, 0.05) is 12.0 Å². The van der Waals surface area contributed by atoms with Gasteiger partial charge in [-0.15, -0.1) is 6.42 Å². The SMILES string of the molecule is C#CC1C[C@H]2[C@@H](O[C@@H]3O[C@H](CO)[C@@H](O)[C@H](O)[C@H]3O)CCC[C@H]2N1C(=O)OC.Cc1cc2ccc1-2. The molecule has 3 aliphatic carbocycles. The first-order valence-corrected chi connectivity index (χ1v) is 11.7. The van der Waals surface area contributed by atoms with Gasteiger partial charge in [0.2, 0.25) is 0 Å². The van der Waals surface area contributed by atoms with Crippen molar-refractivity contribution in [2.24, 2.45) is 5.92 Å². The van der Waals surface area contributed by atoms with Gasteiger partial charge in [-0.2, -0.15) is 0 Å². The quantitative estimate of drug-likeness (QED) is 0.480. The number of carbonyl (C=O) groups is 1. The van der Waals surface area contributed by atoms with Crippen molar-refractivity contribution in [3.63, 3.8) is 0 Å². The standard InChI is InChI=1S/C18H27NO8.C7H6/c1-3-9-7-10-11(19(9)18(24)25-2)5-4-6-12(10)26-17-16(23)15(22)14(21)13(8-20)27-17;1-5-4-6-2-3-7(5)6/h1,9-17,20-23H,4-8H2,2H3;2-4H,1H3/t9?,10-,11-,12+,13-,14-,15+,16-,17-;/m1./s1. The van der Waals surface area contributed by atoms with Gasteiger partial charge in [0.05, 0.1) is 25.9 Å². The highest BCUT2D eigenvalue weighted by molar-refractivity contribution is 5.80. The first-order valence-electron chi connectivity index (χ1n) is 11.7. The van der Waals surface area contributed by atoms with Crippen molar-refractivity contribution in [1.29, 1.82) is 0 Å². The highest BCUT2D eigenvalue weighted by Gasteiger charge is 2.51. The van der Waals surface area contributed by atoms with Crippen molar-refractivity contribution in [3.8, 4) is 23.5 Å². The van der Waals surface area contributed by atoms with E-state index in [1.807, 2.05) is 0 Å². The van der Waals surface area contributed by atoms with Crippen LogP contribution in [0.5, 0.6) is 0 Å². The summed E-state index contributed by atoms with van der Waals surface area (Å²) in [7, 11) is 1.31. The molecule has 0 bridgehead atoms. The molecule has 34 heavy (non-hydrogen) atoms. The number of terminal acetylenes is 1. The number of amides is 1. The van der Waals surface area contributed by atoms with Gasteiger partial charge in [0.25, 0.3) is 0 Å². The number of fused-ring (bicyclic) bond motifs is 2. The Balaban J connectivity index is 0.000000328. The minimum Gasteiger partial charge on any atom is -0.453 e. The highest BCUT2D eigenvalue weighted by Crippen LogP contribution is 2.42. The maximum atomic E-state index is 12.2. The number of likely N-dealkylation sites (tertiary alicyclic amines) is 1. The normalized spacial score (nSPS) is 37.7. The molecule has 2 aliphatic heterocycles. The molecule has 4 N–H and O–H groups in total. The van der Waals surface area contributed by atoms with Gasteiger partial charge in [-0.25, -0.2) is 4.79 Å². The first kappa shape index (κ1) is 24.9. The number of aliphatic hydroxyl groups excluding tert-OH is 4. The van der Waals surface area contributed by atoms with Crippen molar-refractivity contribution < 1.29 is 39.4 Å². The van der Waals surface area contributed by atoms with Crippen molar-refractivity contribution in [1.82, 2.24) is 4.90 Å². The maximum absolute atomic E-state index is 12.2. The lowest BCUT2D eigenvalue weighted by Gasteiger charge is -2.43. The van der Waals surface area contributed by atoms with Gasteiger partial charge >= 0.3 is 6.09 Å². The number of hydrogen-bond donors (Lipinski definition) is 4. The largest absolute Gasteiger partial charge is 0.453 e. The van der Waals surface area contributed by atoms with Crippen LogP contribution < -0.4 is 0 Å². The van der Waals surface area contributed by atoms with Gasteiger partial charge in [-0.1, -0.05) is 24.1 Å². The first-order chi connectivity index (χ1) is 16.3. The van der Waals surface area contributed by atoms with Crippen LogP contribution in [-0.2, 0) is 14.2 Å². The fourth-order valence-electron chi connectivity index (χ4n) is 5.48. The van der Waals surface area contributed by atoms with Gasteiger partial charge in [0.15, 0.2) is 6.29 Å². The van der Waals surface area contributed by atoms with Crippen molar-refractivity contribution in [2.45, 2.75) is 81.5 Å². The molecule has 5 rings (SSSR count). The Morgan fingerprint density at radius 2 is 2.00 bits per heavy atom. The van der Waals surface area contributed by atoms with E-state index >= 15 is 0 Å². The Labute approximate surface area is 199 Å². The van der Waals surface area contributed by atoms with Gasteiger partial charge in [-0.05, 0) is 49.3 Å². The number of nitrogens with zero attached hydrogens (tertiary/aromatic N) is 1. The van der Waals surface area contributed by atoms with Gasteiger partial charge in [0.1, 0.15) is 24.4 Å². The van der Waals surface area contributed by atoms with Crippen LogP contribution in [0.25, 0.3) is 11.1 Å². The molecule has 9 atom stereocenters. The molecule has 3 fully saturated rings. The third kappa shape index (κ3) is 4.42. The van der Waals surface area contributed by atoms with Crippen molar-refractivity contribution in [3.05, 3.63) is 23.8 Å². The molecule has 1 unspecified atom stereocenters. The summed E-state index contributed by atoms with van der Waals surface area (Å²) < 4.78 is 16.3. The van der Waals surface area contributed by atoms with Crippen LogP contribution in [0.15, 0.2) is 18.2 Å². The number of carbonyl (C=O) groups excluding carboxylic acids is 1. The third-order valence-electron chi connectivity index (χ3n) is 7.42. The molecule has 9 heteroatoms. The van der Waals surface area contributed by atoms with E-state index in [1.165, 1.54) is 23.8 Å². The third-order valence-corrected chi connectivity index (χ3v) is 7.42. The molecule has 1 saturated carbocycles. The number of methoxy groups -OCH3 is 1. The molecule has 2 heterocycles. The lowest BCUT2D eigenvalue weighted by molar-refractivity contribution is -0.317. The molecule has 186 valence electrons. The average molecular weight is 476 g/mol. The summed E-state index contributed by atoms with van der Waals surface area (Å²) in [6, 6.07) is 5.97. The summed E-state index contributed by atoms with van der Waals surface area (Å²) in [5.74, 6) is 2.57. The smallest absolute Gasteiger partial charge is 0.410 e. The molecular formula is C25H33NO8. The molecule has 0 radical (unpaired) electrons. The second-order valence-corrected chi connectivity index (χ2v) is 9.36. The lowest BCUT2D eigenvalue weighted by Crippen LogP contribution is -2.60. The van der Waals surface area contributed by atoms with E-state index in [9.17, 15) is 25.2 Å². The Morgan fingerprint density at radius 3 is 2.50 bits per heavy atom. The van der Waals surface area contributed by atoms with E-state index in [-0.39, 0.29) is 18.1 Å². The summed E-state index contributed by atoms with van der Waals surface area (Å²) in [4.78, 5) is 13.7. The second-order valence-electron chi connectivity index (χ2n) is 9.36. The minimum atomic E-state index is -1.49. The molecule has 0 aromatic carbocycles. The van der Waals surface area contributed by atoms with Crippen molar-refractivity contribution in [2.75, 3.05) is 13.7 Å². The zero-order valence-electron chi connectivity index (χ0n) is 19.4. The topological polar surface area (TPSA) is 129 Å². The van der Waals surface area contributed by atoms with Crippen LogP contribution in [0.1, 0.15) is 31.2 Å². The maximum Gasteiger partial charge on any atom is 0.410 e. The molecule has 0 aromatic rings. The molecule has 0 spiro atoms. The van der Waals surface area contributed by atoms with Crippen LogP contribution in [0.3, 0.4) is 0 Å². The van der Waals surface area contributed by atoms with E-state index in [2.05, 4.69) is 31.0 Å². The number of ether oxygens (including phenoxy) is 3. The van der Waals surface area contributed by atoms with E-state index < -0.39 is 49.4 Å². The van der Waals surface area contributed by atoms with E-state index in [0.29, 0.717) is 12.8 Å². The van der Waals surface area contributed by atoms with Gasteiger partial charge in [-0.3, -0.25) is 4.90 Å². The Morgan fingerprint density at radius 1 is 1.24 bits per heavy atom. The van der Waals surface area contributed by atoms with Gasteiger partial charge < -0.3 is 34.6 Å². The fourth-order valence-corrected chi connectivity index (χ4v) is 5.48. The Hall–Kier alpha value is -2.19. The number of aryl methyl sites for hydroxylation is 1. The van der Waals surface area contributed by atoms with Crippen molar-refractivity contribution >= 4 is 6.09 Å². The molecule has 1 amide bonds.